The highest BCUT2D eigenvalue weighted by Crippen LogP contribution is 2.28. The summed E-state index contributed by atoms with van der Waals surface area (Å²) in [6.07, 6.45) is 3.27. The molecule has 8 heteroatoms. The summed E-state index contributed by atoms with van der Waals surface area (Å²) < 4.78 is 1.38. The fourth-order valence-electron chi connectivity index (χ4n) is 3.93. The van der Waals surface area contributed by atoms with Crippen molar-refractivity contribution in [3.8, 4) is 11.1 Å². The van der Waals surface area contributed by atoms with E-state index in [0.29, 0.717) is 12.0 Å². The quantitative estimate of drug-likeness (QED) is 0.449. The second-order valence-electron chi connectivity index (χ2n) is 8.77. The minimum atomic E-state index is -1.06. The van der Waals surface area contributed by atoms with Crippen LogP contribution in [0.2, 0.25) is 0 Å². The molecule has 0 aliphatic heterocycles. The topological polar surface area (TPSA) is 121 Å². The summed E-state index contributed by atoms with van der Waals surface area (Å²) in [5, 5.41) is 12.4. The number of aromatic amines is 1. The van der Waals surface area contributed by atoms with Crippen molar-refractivity contribution in [2.75, 3.05) is 0 Å². The van der Waals surface area contributed by atoms with Crippen LogP contribution in [0, 0.1) is 12.8 Å². The number of carboxylic acid groups (broad SMARTS) is 1. The number of amides is 1. The normalized spacial score (nSPS) is 12.8. The molecule has 34 heavy (non-hydrogen) atoms. The predicted molar refractivity (Wildman–Crippen MR) is 130 cm³/mol. The van der Waals surface area contributed by atoms with E-state index in [-0.39, 0.29) is 23.5 Å². The number of pyridine rings is 2. The Morgan fingerprint density at radius 1 is 1.09 bits per heavy atom. The highest BCUT2D eigenvalue weighted by atomic mass is 16.4. The van der Waals surface area contributed by atoms with Gasteiger partial charge in [-0.25, -0.2) is 0 Å². The first-order valence-corrected chi connectivity index (χ1v) is 11.1. The molecule has 8 nitrogen and oxygen atoms in total. The van der Waals surface area contributed by atoms with E-state index < -0.39 is 24.0 Å². The molecule has 2 atom stereocenters. The Labute approximate surface area is 197 Å². The van der Waals surface area contributed by atoms with Crippen molar-refractivity contribution in [2.45, 2.75) is 45.7 Å². The maximum atomic E-state index is 13.4. The number of carboxylic acids is 1. The number of carbonyl (C=O) groups excluding carboxylic acids is 1. The highest BCUT2D eigenvalue weighted by molar-refractivity contribution is 5.82. The maximum absolute atomic E-state index is 13.4. The summed E-state index contributed by atoms with van der Waals surface area (Å²) in [6.45, 7) is 5.83. The Kier molecular flexibility index (Phi) is 7.83. The monoisotopic (exact) mass is 463 g/mol. The van der Waals surface area contributed by atoms with E-state index in [9.17, 15) is 24.3 Å². The van der Waals surface area contributed by atoms with Crippen LogP contribution < -0.4 is 16.4 Å². The maximum Gasteiger partial charge on any atom is 0.305 e. The molecular weight excluding hydrogens is 434 g/mol. The van der Waals surface area contributed by atoms with Crippen molar-refractivity contribution >= 4 is 11.9 Å². The van der Waals surface area contributed by atoms with Crippen molar-refractivity contribution in [1.82, 2.24) is 14.9 Å². The number of nitrogens with one attached hydrogen (secondary N) is 2. The summed E-state index contributed by atoms with van der Waals surface area (Å²) in [5.41, 5.74) is 2.62. The lowest BCUT2D eigenvalue weighted by Gasteiger charge is -2.25. The van der Waals surface area contributed by atoms with Crippen LogP contribution in [-0.2, 0) is 9.59 Å². The van der Waals surface area contributed by atoms with E-state index in [1.165, 1.54) is 16.7 Å². The highest BCUT2D eigenvalue weighted by Gasteiger charge is 2.27. The van der Waals surface area contributed by atoms with Gasteiger partial charge in [0.1, 0.15) is 6.04 Å². The Morgan fingerprint density at radius 2 is 1.85 bits per heavy atom. The zero-order valence-electron chi connectivity index (χ0n) is 19.4. The van der Waals surface area contributed by atoms with E-state index >= 15 is 0 Å². The van der Waals surface area contributed by atoms with E-state index in [1.807, 2.05) is 32.9 Å². The minimum absolute atomic E-state index is 0.131. The number of aryl methyl sites for hydroxylation is 1. The number of nitrogens with zero attached hydrogens (tertiary/aromatic N) is 1. The molecule has 178 valence electrons. The summed E-state index contributed by atoms with van der Waals surface area (Å²) in [4.78, 5) is 51.5. The second-order valence-corrected chi connectivity index (χ2v) is 8.77. The van der Waals surface area contributed by atoms with Crippen LogP contribution in [0.4, 0.5) is 0 Å². The smallest absolute Gasteiger partial charge is 0.305 e. The van der Waals surface area contributed by atoms with E-state index in [1.54, 1.807) is 36.7 Å². The Balaban J connectivity index is 1.97. The number of H-pyrrole nitrogens is 1. The van der Waals surface area contributed by atoms with E-state index in [2.05, 4.69) is 10.3 Å². The third kappa shape index (κ3) is 6.10. The van der Waals surface area contributed by atoms with Gasteiger partial charge in [-0.2, -0.15) is 0 Å². The van der Waals surface area contributed by atoms with Crippen molar-refractivity contribution in [3.05, 3.63) is 92.8 Å². The summed E-state index contributed by atoms with van der Waals surface area (Å²) >= 11 is 0. The third-order valence-electron chi connectivity index (χ3n) is 5.64. The number of aromatic nitrogens is 2. The first kappa shape index (κ1) is 24.7. The van der Waals surface area contributed by atoms with Crippen LogP contribution in [-0.4, -0.2) is 26.5 Å². The number of carbonyl (C=O) groups is 2. The molecule has 0 saturated heterocycles. The standard InChI is InChI=1S/C26H29N3O5/c1-16(2)12-22(29-11-5-4-6-24(29)31)26(34)28-21(14-25(32)33)18-8-7-17(3)20(13-18)19-9-10-23(30)27-15-19/h4-11,13,15-16,21-22H,12,14H2,1-3H3,(H,27,30)(H,28,34)(H,32,33)/t21-,22?/m0/s1. The van der Waals surface area contributed by atoms with E-state index in [0.717, 1.165) is 16.7 Å². The van der Waals surface area contributed by atoms with Crippen molar-refractivity contribution in [2.24, 2.45) is 5.92 Å². The molecule has 2 aromatic heterocycles. The van der Waals surface area contributed by atoms with Gasteiger partial charge in [-0.05, 0) is 59.7 Å². The Bertz CT molecular complexity index is 1270. The van der Waals surface area contributed by atoms with Gasteiger partial charge in [-0.3, -0.25) is 19.2 Å². The molecular formula is C26H29N3O5. The van der Waals surface area contributed by atoms with Crippen LogP contribution in [0.3, 0.4) is 0 Å². The van der Waals surface area contributed by atoms with Crippen molar-refractivity contribution in [3.63, 3.8) is 0 Å². The zero-order valence-corrected chi connectivity index (χ0v) is 19.4. The molecule has 0 aliphatic rings. The number of aliphatic carboxylic acids is 1. The molecule has 3 N–H and O–H groups in total. The zero-order chi connectivity index (χ0) is 24.8. The van der Waals surface area contributed by atoms with Gasteiger partial charge in [-0.15, -0.1) is 0 Å². The molecule has 3 rings (SSSR count). The molecule has 3 aromatic rings. The van der Waals surface area contributed by atoms with Gasteiger partial charge in [0.2, 0.25) is 11.5 Å². The molecule has 0 radical (unpaired) electrons. The van der Waals surface area contributed by atoms with E-state index in [4.69, 9.17) is 0 Å². The molecule has 0 bridgehead atoms. The molecule has 0 aliphatic carbocycles. The number of benzene rings is 1. The molecule has 0 saturated carbocycles. The van der Waals surface area contributed by atoms with Crippen LogP contribution in [0.1, 0.15) is 49.9 Å². The molecule has 2 heterocycles. The SMILES string of the molecule is Cc1ccc([C@H](CC(=O)O)NC(=O)C(CC(C)C)n2ccccc2=O)cc1-c1ccc(=O)[nH]c1. The van der Waals surface area contributed by atoms with Crippen LogP contribution in [0.15, 0.2) is 70.5 Å². The predicted octanol–water partition coefficient (Wildman–Crippen LogP) is 3.43. The molecule has 0 fully saturated rings. The minimum Gasteiger partial charge on any atom is -0.481 e. The fourth-order valence-corrected chi connectivity index (χ4v) is 3.93. The molecule has 1 unspecified atom stereocenters. The average molecular weight is 464 g/mol. The first-order chi connectivity index (χ1) is 16.2. The largest absolute Gasteiger partial charge is 0.481 e. The lowest BCUT2D eigenvalue weighted by molar-refractivity contribution is -0.138. The molecule has 1 amide bonds. The van der Waals surface area contributed by atoms with Gasteiger partial charge in [0.15, 0.2) is 0 Å². The second kappa shape index (κ2) is 10.8. The van der Waals surface area contributed by atoms with Crippen LogP contribution in [0.25, 0.3) is 11.1 Å². The first-order valence-electron chi connectivity index (χ1n) is 11.1. The molecule has 1 aromatic carbocycles. The molecule has 0 spiro atoms. The Morgan fingerprint density at radius 3 is 2.47 bits per heavy atom. The van der Waals surface area contributed by atoms with Gasteiger partial charge in [-0.1, -0.05) is 32.0 Å². The average Bonchev–Trinajstić information content (AvgIpc) is 2.78. The lowest BCUT2D eigenvalue weighted by atomic mass is 9.94. The van der Waals surface area contributed by atoms with Crippen LogP contribution in [0.5, 0.6) is 0 Å². The van der Waals surface area contributed by atoms with Gasteiger partial charge in [0.05, 0.1) is 12.5 Å². The van der Waals surface area contributed by atoms with Crippen molar-refractivity contribution < 1.29 is 14.7 Å². The third-order valence-corrected chi connectivity index (χ3v) is 5.64. The number of hydrogen-bond acceptors (Lipinski definition) is 4. The van der Waals surface area contributed by atoms with Gasteiger partial charge in [0, 0.05) is 24.5 Å². The van der Waals surface area contributed by atoms with Crippen LogP contribution >= 0.6 is 0 Å². The number of rotatable bonds is 9. The fraction of sp³-hybridized carbons (Fsp3) is 0.308. The van der Waals surface area contributed by atoms with Gasteiger partial charge in [0.25, 0.3) is 5.56 Å². The number of hydrogen-bond donors (Lipinski definition) is 3. The summed E-state index contributed by atoms with van der Waals surface area (Å²) in [6, 6.07) is 11.7. The summed E-state index contributed by atoms with van der Waals surface area (Å²) in [7, 11) is 0. The Hall–Kier alpha value is -3.94. The van der Waals surface area contributed by atoms with Gasteiger partial charge < -0.3 is 20.0 Å². The van der Waals surface area contributed by atoms with Crippen molar-refractivity contribution in [1.29, 1.82) is 0 Å². The van der Waals surface area contributed by atoms with Gasteiger partial charge >= 0.3 is 5.97 Å². The summed E-state index contributed by atoms with van der Waals surface area (Å²) in [5.74, 6) is -1.35. The lowest BCUT2D eigenvalue weighted by Crippen LogP contribution is -2.39.